The van der Waals surface area contributed by atoms with E-state index in [1.807, 2.05) is 0 Å². The Morgan fingerprint density at radius 1 is 1.67 bits per heavy atom. The van der Waals surface area contributed by atoms with Crippen molar-refractivity contribution >= 4 is 23.2 Å². The zero-order valence-corrected chi connectivity index (χ0v) is 8.48. The molecule has 1 aromatic rings. The van der Waals surface area contributed by atoms with Gasteiger partial charge in [0.05, 0.1) is 17.3 Å². The van der Waals surface area contributed by atoms with E-state index in [4.69, 9.17) is 11.6 Å². The van der Waals surface area contributed by atoms with Crippen LogP contribution in [0.2, 0.25) is 5.02 Å². The number of hydrogen-bond donors (Lipinski definition) is 0. The number of hydrogen-bond acceptors (Lipinski definition) is 4. The summed E-state index contributed by atoms with van der Waals surface area (Å²) in [5.41, 5.74) is 0. The van der Waals surface area contributed by atoms with Crippen LogP contribution in [0.5, 0.6) is 0 Å². The number of nitrogens with zero attached hydrogens (tertiary/aromatic N) is 3. The van der Waals surface area contributed by atoms with E-state index in [1.165, 1.54) is 10.9 Å². The first-order valence-corrected chi connectivity index (χ1v) is 4.86. The average molecular weight is 230 g/mol. The minimum absolute atomic E-state index is 0.0133. The summed E-state index contributed by atoms with van der Waals surface area (Å²) in [6.45, 7) is 0. The largest absolute Gasteiger partial charge is 0.408 e. The molecule has 1 aliphatic rings. The SMILES string of the molecule is O=C1CCC(n2cc(Cl)c([N+](=O)[O-])n2)C1. The molecule has 6 nitrogen and oxygen atoms in total. The van der Waals surface area contributed by atoms with E-state index in [0.29, 0.717) is 19.3 Å². The fraction of sp³-hybridized carbons (Fsp3) is 0.500. The Labute approximate surface area is 90.0 Å². The highest BCUT2D eigenvalue weighted by Gasteiger charge is 2.29. The van der Waals surface area contributed by atoms with Crippen LogP contribution in [-0.2, 0) is 4.79 Å². The van der Waals surface area contributed by atoms with Gasteiger partial charge in [-0.1, -0.05) is 11.6 Å². The zero-order valence-electron chi connectivity index (χ0n) is 7.72. The first-order valence-electron chi connectivity index (χ1n) is 4.48. The van der Waals surface area contributed by atoms with Gasteiger partial charge in [-0.05, 0) is 11.3 Å². The Morgan fingerprint density at radius 3 is 2.87 bits per heavy atom. The first kappa shape index (κ1) is 10.1. The molecular formula is C8H8ClN3O3. The second-order valence-electron chi connectivity index (χ2n) is 3.47. The lowest BCUT2D eigenvalue weighted by molar-refractivity contribution is -0.389. The monoisotopic (exact) mass is 229 g/mol. The van der Waals surface area contributed by atoms with Crippen LogP contribution in [0.25, 0.3) is 0 Å². The van der Waals surface area contributed by atoms with Gasteiger partial charge in [0.1, 0.15) is 5.78 Å². The van der Waals surface area contributed by atoms with Gasteiger partial charge >= 0.3 is 5.82 Å². The van der Waals surface area contributed by atoms with Gasteiger partial charge in [0, 0.05) is 12.8 Å². The van der Waals surface area contributed by atoms with Crippen molar-refractivity contribution in [2.45, 2.75) is 25.3 Å². The van der Waals surface area contributed by atoms with E-state index < -0.39 is 4.92 Å². The Morgan fingerprint density at radius 2 is 2.40 bits per heavy atom. The summed E-state index contributed by atoms with van der Waals surface area (Å²) in [6.07, 6.45) is 2.97. The number of halogens is 1. The summed E-state index contributed by atoms with van der Waals surface area (Å²) in [5, 5.41) is 14.3. The maximum Gasteiger partial charge on any atom is 0.408 e. The molecule has 1 aliphatic carbocycles. The van der Waals surface area contributed by atoms with Gasteiger partial charge in [-0.3, -0.25) is 4.79 Å². The van der Waals surface area contributed by atoms with Gasteiger partial charge in [0.15, 0.2) is 5.02 Å². The molecule has 1 atom stereocenters. The van der Waals surface area contributed by atoms with Gasteiger partial charge in [-0.25, -0.2) is 0 Å². The van der Waals surface area contributed by atoms with E-state index in [1.54, 1.807) is 0 Å². The molecule has 0 aliphatic heterocycles. The molecule has 1 saturated carbocycles. The van der Waals surface area contributed by atoms with E-state index in [-0.39, 0.29) is 22.7 Å². The highest BCUT2D eigenvalue weighted by atomic mass is 35.5. The fourth-order valence-corrected chi connectivity index (χ4v) is 1.90. The average Bonchev–Trinajstić information content (AvgIpc) is 2.71. The van der Waals surface area contributed by atoms with Crippen molar-refractivity contribution in [3.05, 3.63) is 21.3 Å². The molecule has 0 bridgehead atoms. The Balaban J connectivity index is 2.26. The van der Waals surface area contributed by atoms with E-state index in [0.717, 1.165) is 0 Å². The molecule has 1 aromatic heterocycles. The van der Waals surface area contributed by atoms with Gasteiger partial charge < -0.3 is 10.1 Å². The van der Waals surface area contributed by atoms with Crippen LogP contribution < -0.4 is 0 Å². The Hall–Kier alpha value is -1.43. The fourth-order valence-electron chi connectivity index (χ4n) is 1.69. The summed E-state index contributed by atoms with van der Waals surface area (Å²) in [6, 6.07) is -0.0799. The second-order valence-corrected chi connectivity index (χ2v) is 3.88. The van der Waals surface area contributed by atoms with Crippen molar-refractivity contribution in [1.82, 2.24) is 9.78 Å². The predicted octanol–water partition coefficient (Wildman–Crippen LogP) is 1.74. The van der Waals surface area contributed by atoms with Crippen LogP contribution in [0.1, 0.15) is 25.3 Å². The normalized spacial score (nSPS) is 20.9. The number of rotatable bonds is 2. The van der Waals surface area contributed by atoms with Gasteiger partial charge in [-0.15, -0.1) is 0 Å². The second kappa shape index (κ2) is 3.62. The minimum Gasteiger partial charge on any atom is -0.358 e. The molecule has 0 N–H and O–H groups in total. The molecule has 1 heterocycles. The van der Waals surface area contributed by atoms with Crippen molar-refractivity contribution in [1.29, 1.82) is 0 Å². The summed E-state index contributed by atoms with van der Waals surface area (Å²) >= 11 is 5.64. The third-order valence-electron chi connectivity index (χ3n) is 2.44. The van der Waals surface area contributed by atoms with Crippen LogP contribution in [0.3, 0.4) is 0 Å². The molecule has 2 rings (SSSR count). The summed E-state index contributed by atoms with van der Waals surface area (Å²) in [7, 11) is 0. The van der Waals surface area contributed by atoms with Crippen LogP contribution in [0, 0.1) is 10.1 Å². The number of carbonyl (C=O) groups excluding carboxylic acids is 1. The molecule has 15 heavy (non-hydrogen) atoms. The van der Waals surface area contributed by atoms with Crippen molar-refractivity contribution in [2.24, 2.45) is 0 Å². The van der Waals surface area contributed by atoms with Crippen LogP contribution in [-0.4, -0.2) is 20.5 Å². The van der Waals surface area contributed by atoms with Crippen LogP contribution >= 0.6 is 11.6 Å². The molecule has 0 aromatic carbocycles. The van der Waals surface area contributed by atoms with Gasteiger partial charge in [0.2, 0.25) is 0 Å². The Kier molecular flexibility index (Phi) is 2.44. The van der Waals surface area contributed by atoms with E-state index >= 15 is 0 Å². The quantitative estimate of drug-likeness (QED) is 0.572. The highest BCUT2D eigenvalue weighted by molar-refractivity contribution is 6.32. The van der Waals surface area contributed by atoms with Crippen molar-refractivity contribution < 1.29 is 9.72 Å². The lowest BCUT2D eigenvalue weighted by Crippen LogP contribution is -2.06. The predicted molar refractivity (Wildman–Crippen MR) is 51.8 cm³/mol. The summed E-state index contributed by atoms with van der Waals surface area (Å²) < 4.78 is 1.42. The molecule has 0 spiro atoms. The number of Topliss-reactive ketones (excluding diaryl/α,β-unsaturated/α-hetero) is 1. The van der Waals surface area contributed by atoms with Crippen LogP contribution in [0.4, 0.5) is 5.82 Å². The lowest BCUT2D eigenvalue weighted by atomic mass is 10.3. The highest BCUT2D eigenvalue weighted by Crippen LogP contribution is 2.30. The van der Waals surface area contributed by atoms with Crippen molar-refractivity contribution in [3.8, 4) is 0 Å². The number of ketones is 1. The summed E-state index contributed by atoms with van der Waals surface area (Å²) in [4.78, 5) is 20.9. The number of aromatic nitrogens is 2. The van der Waals surface area contributed by atoms with Crippen molar-refractivity contribution in [3.63, 3.8) is 0 Å². The standard InChI is InChI=1S/C8H8ClN3O3/c9-7-4-11(10-8(7)12(14)15)5-1-2-6(13)3-5/h4-5H,1-3H2. The third kappa shape index (κ3) is 1.85. The topological polar surface area (TPSA) is 78.0 Å². The number of carbonyl (C=O) groups is 1. The maximum atomic E-state index is 11.0. The summed E-state index contributed by atoms with van der Waals surface area (Å²) in [5.74, 6) is -0.190. The minimum atomic E-state index is -0.629. The number of nitro groups is 1. The smallest absolute Gasteiger partial charge is 0.358 e. The molecule has 1 fully saturated rings. The lowest BCUT2D eigenvalue weighted by Gasteiger charge is -2.02. The first-order chi connectivity index (χ1) is 7.08. The molecule has 80 valence electrons. The molecular weight excluding hydrogens is 222 g/mol. The molecule has 0 radical (unpaired) electrons. The van der Waals surface area contributed by atoms with E-state index in [9.17, 15) is 14.9 Å². The molecule has 1 unspecified atom stereocenters. The molecule has 7 heteroatoms. The van der Waals surface area contributed by atoms with Crippen LogP contribution in [0.15, 0.2) is 6.20 Å². The van der Waals surface area contributed by atoms with Gasteiger partial charge in [-0.2, -0.15) is 4.68 Å². The maximum absolute atomic E-state index is 11.0. The third-order valence-corrected chi connectivity index (χ3v) is 2.70. The molecule has 0 saturated heterocycles. The Bertz CT molecular complexity index is 429. The zero-order chi connectivity index (χ0) is 11.0. The molecule has 0 amide bonds. The van der Waals surface area contributed by atoms with Crippen molar-refractivity contribution in [2.75, 3.05) is 0 Å². The van der Waals surface area contributed by atoms with E-state index in [2.05, 4.69) is 5.10 Å². The van der Waals surface area contributed by atoms with Gasteiger partial charge in [0.25, 0.3) is 0 Å².